The predicted molar refractivity (Wildman–Crippen MR) is 96.5 cm³/mol. The van der Waals surface area contributed by atoms with Gasteiger partial charge in [0.2, 0.25) is 0 Å². The van der Waals surface area contributed by atoms with Crippen LogP contribution in [0.5, 0.6) is 0 Å². The maximum Gasteiger partial charge on any atom is 4.00 e. The molecule has 1 rings (SSSR count). The first kappa shape index (κ1) is 48.0. The number of halogens is 12. The van der Waals surface area contributed by atoms with E-state index in [1.807, 2.05) is 20.4 Å². The summed E-state index contributed by atoms with van der Waals surface area (Å²) in [6.45, 7) is 16.9. The molecule has 0 saturated heterocycles. The van der Waals surface area contributed by atoms with Crippen molar-refractivity contribution in [3.63, 3.8) is 0 Å². The van der Waals surface area contributed by atoms with E-state index in [4.69, 9.17) is 14.4 Å². The molecule has 0 atom stereocenters. The van der Waals surface area contributed by atoms with Crippen LogP contribution in [0.1, 0.15) is 34.6 Å². The van der Waals surface area contributed by atoms with Crippen LogP contribution in [0.25, 0.3) is 0 Å². The second-order valence-corrected chi connectivity index (χ2v) is 5.11. The molecule has 0 bridgehead atoms. The normalized spacial score (nSPS) is 13.3. The van der Waals surface area contributed by atoms with Gasteiger partial charge in [-0.2, -0.15) is 11.1 Å². The summed E-state index contributed by atoms with van der Waals surface area (Å²) in [5, 5.41) is 0. The van der Waals surface area contributed by atoms with E-state index in [0.29, 0.717) is 0 Å². The molecule has 1 aliphatic rings. The van der Waals surface area contributed by atoms with Crippen molar-refractivity contribution in [1.29, 1.82) is 0 Å². The Morgan fingerprint density at radius 1 is 0.594 bits per heavy atom. The van der Waals surface area contributed by atoms with Gasteiger partial charge in [-0.15, -0.1) is 6.92 Å². The molecule has 0 radical (unpaired) electrons. The van der Waals surface area contributed by atoms with Gasteiger partial charge in [-0.1, -0.05) is 33.1 Å². The number of carbonyl (C=O) groups excluding carboxylic acids is 3. The van der Waals surface area contributed by atoms with Crippen molar-refractivity contribution < 1.29 is 85.6 Å². The third kappa shape index (κ3) is 70.4. The van der Waals surface area contributed by atoms with Gasteiger partial charge in [0.25, 0.3) is 0 Å². The van der Waals surface area contributed by atoms with E-state index in [1.54, 1.807) is 0 Å². The fourth-order valence-electron chi connectivity index (χ4n) is 1.41. The summed E-state index contributed by atoms with van der Waals surface area (Å²) in [6, 6.07) is 0. The summed E-state index contributed by atoms with van der Waals surface area (Å²) in [5.41, 5.74) is 4.39. The van der Waals surface area contributed by atoms with Crippen LogP contribution in [0.15, 0.2) is 16.7 Å². The molecule has 0 amide bonds. The van der Waals surface area contributed by atoms with Crippen molar-refractivity contribution >= 4 is 42.1 Å². The molecule has 0 aromatic rings. The minimum atomic E-state index is -6.00. The second-order valence-electron chi connectivity index (χ2n) is 5.11. The van der Waals surface area contributed by atoms with Crippen LogP contribution in [0, 0.1) is 11.5 Å². The van der Waals surface area contributed by atoms with Crippen LogP contribution in [0.3, 0.4) is 0 Å². The molecule has 0 fully saturated rings. The Morgan fingerprint density at radius 2 is 0.750 bits per heavy atom. The van der Waals surface area contributed by atoms with Crippen molar-refractivity contribution in [3.8, 4) is 0 Å². The van der Waals surface area contributed by atoms with E-state index in [0.717, 1.165) is 0 Å². The average Bonchev–Trinajstić information content (AvgIpc) is 2.70. The zero-order valence-corrected chi connectivity index (χ0v) is 19.2. The Bertz CT molecular complexity index is 470. The van der Waals surface area contributed by atoms with Gasteiger partial charge in [0.05, 0.1) is 0 Å². The standard InChI is InChI=1S/C10H15.3CH2O.3BF4.Ru/c1-7-6-10(4,5)9(3)8(7)2;3*1-2;3*2-1(3,4)5;/h1-5H3;3*1H2;;;;/q-1;;;;3*-1;+4. The van der Waals surface area contributed by atoms with E-state index < -0.39 is 21.8 Å². The number of carbonyl (C=O) groups is 3. The zero-order chi connectivity index (χ0) is 27.4. The predicted octanol–water partition coefficient (Wildman–Crippen LogP) is 6.45. The van der Waals surface area contributed by atoms with Gasteiger partial charge in [0, 0.05) is 0 Å². The minimum Gasteiger partial charge on any atom is -0.418 e. The molecule has 0 heterocycles. The quantitative estimate of drug-likeness (QED) is 0.186. The van der Waals surface area contributed by atoms with E-state index >= 15 is 0 Å². The van der Waals surface area contributed by atoms with Crippen LogP contribution in [0.4, 0.5) is 51.8 Å². The molecule has 0 unspecified atom stereocenters. The summed E-state index contributed by atoms with van der Waals surface area (Å²) in [6.07, 6.45) is 3.44. The Labute approximate surface area is 191 Å². The summed E-state index contributed by atoms with van der Waals surface area (Å²) >= 11 is 0. The van der Waals surface area contributed by atoms with Crippen LogP contribution < -0.4 is 0 Å². The first-order valence-electron chi connectivity index (χ1n) is 7.23. The van der Waals surface area contributed by atoms with Gasteiger partial charge in [0.1, 0.15) is 20.4 Å². The Balaban J connectivity index is -0.0000000499. The molecule has 0 aromatic heterocycles. The molecule has 192 valence electrons. The van der Waals surface area contributed by atoms with Crippen molar-refractivity contribution in [1.82, 2.24) is 0 Å². The smallest absolute Gasteiger partial charge is 0.418 e. The van der Waals surface area contributed by atoms with Crippen molar-refractivity contribution in [2.75, 3.05) is 0 Å². The third-order valence-corrected chi connectivity index (χ3v) is 2.56. The molecule has 19 heteroatoms. The minimum absolute atomic E-state index is 0. The number of hydrogen-bond acceptors (Lipinski definition) is 3. The summed E-state index contributed by atoms with van der Waals surface area (Å²) in [5.74, 6) is 0. The van der Waals surface area contributed by atoms with Crippen LogP contribution >= 0.6 is 0 Å². The van der Waals surface area contributed by atoms with Crippen LogP contribution in [0.2, 0.25) is 0 Å². The van der Waals surface area contributed by atoms with Gasteiger partial charge >= 0.3 is 41.2 Å². The van der Waals surface area contributed by atoms with Gasteiger partial charge in [-0.05, 0) is 0 Å². The van der Waals surface area contributed by atoms with Crippen molar-refractivity contribution in [2.24, 2.45) is 5.41 Å². The maximum atomic E-state index is 9.75. The van der Waals surface area contributed by atoms with E-state index in [2.05, 4.69) is 40.7 Å². The van der Waals surface area contributed by atoms with Gasteiger partial charge in [0.15, 0.2) is 0 Å². The Kier molecular flexibility index (Phi) is 34.0. The second kappa shape index (κ2) is 22.7. The van der Waals surface area contributed by atoms with E-state index in [9.17, 15) is 51.8 Å². The molecule has 0 aromatic carbocycles. The summed E-state index contributed by atoms with van der Waals surface area (Å²) in [7, 11) is -18.0. The molecule has 1 aliphatic carbocycles. The first-order valence-corrected chi connectivity index (χ1v) is 7.23. The fourth-order valence-corrected chi connectivity index (χ4v) is 1.41. The molecule has 32 heavy (non-hydrogen) atoms. The summed E-state index contributed by atoms with van der Waals surface area (Å²) < 4.78 is 117. The Hall–Kier alpha value is -1.53. The summed E-state index contributed by atoms with van der Waals surface area (Å²) in [4.78, 5) is 24.0. The Morgan fingerprint density at radius 3 is 0.781 bits per heavy atom. The first-order chi connectivity index (χ1) is 13.4. The SMILES string of the molecule is C=O.C=O.C=O.CC1=[C-]C(C)(C)C(C)=C1C.F[B-](F)(F)F.F[B-](F)(F)F.F[B-](F)(F)F.[Ru+4]. The van der Waals surface area contributed by atoms with Gasteiger partial charge in [-0.25, -0.2) is 5.57 Å². The molecule has 3 nitrogen and oxygen atoms in total. The molecule has 0 N–H and O–H groups in total. The average molecular weight is 587 g/mol. The topological polar surface area (TPSA) is 51.2 Å². The number of rotatable bonds is 0. The largest absolute Gasteiger partial charge is 4.00 e. The molecular weight excluding hydrogens is 566 g/mol. The van der Waals surface area contributed by atoms with Crippen molar-refractivity contribution in [2.45, 2.75) is 34.6 Å². The van der Waals surface area contributed by atoms with E-state index in [-0.39, 0.29) is 24.9 Å². The zero-order valence-electron chi connectivity index (χ0n) is 17.5. The maximum absolute atomic E-state index is 9.75. The van der Waals surface area contributed by atoms with Crippen LogP contribution in [-0.2, 0) is 33.9 Å². The number of hydrogen-bond donors (Lipinski definition) is 0. The molecule has 0 aliphatic heterocycles. The van der Waals surface area contributed by atoms with Crippen LogP contribution in [-0.4, -0.2) is 42.1 Å². The van der Waals surface area contributed by atoms with Crippen molar-refractivity contribution in [3.05, 3.63) is 22.8 Å². The van der Waals surface area contributed by atoms with E-state index in [1.165, 1.54) is 16.7 Å². The fraction of sp³-hybridized carbons (Fsp3) is 0.462. The van der Waals surface area contributed by atoms with Gasteiger partial charge in [-0.3, -0.25) is 6.08 Å². The number of allylic oxidation sites excluding steroid dienone is 4. The third-order valence-electron chi connectivity index (χ3n) is 2.56. The molecular formula is C13H21B3F12O3Ru. The monoisotopic (exact) mass is 588 g/mol. The molecule has 0 spiro atoms. The van der Waals surface area contributed by atoms with Gasteiger partial charge < -0.3 is 66.2 Å². The molecule has 0 saturated carbocycles.